The van der Waals surface area contributed by atoms with Crippen LogP contribution in [0.1, 0.15) is 32.6 Å². The maximum absolute atomic E-state index is 11.9. The van der Waals surface area contributed by atoms with Gasteiger partial charge in [0.25, 0.3) is 5.56 Å². The van der Waals surface area contributed by atoms with E-state index in [9.17, 15) is 4.79 Å². The molecule has 2 heterocycles. The van der Waals surface area contributed by atoms with Crippen molar-refractivity contribution in [3.05, 3.63) is 21.6 Å². The highest BCUT2D eigenvalue weighted by atomic mass is 35.5. The van der Waals surface area contributed by atoms with Gasteiger partial charge in [0.1, 0.15) is 5.02 Å². The van der Waals surface area contributed by atoms with E-state index in [2.05, 4.69) is 15.3 Å². The van der Waals surface area contributed by atoms with Crippen LogP contribution in [0, 0.1) is 0 Å². The highest BCUT2D eigenvalue weighted by molar-refractivity contribution is 6.32. The van der Waals surface area contributed by atoms with Gasteiger partial charge in [0, 0.05) is 13.1 Å². The molecule has 1 aliphatic heterocycles. The monoisotopic (exact) mass is 298 g/mol. The van der Waals surface area contributed by atoms with Gasteiger partial charge in [-0.05, 0) is 45.3 Å². The molecule has 1 saturated heterocycles. The number of nitrogens with one attached hydrogen (secondary N) is 1. The van der Waals surface area contributed by atoms with Crippen LogP contribution in [-0.2, 0) is 6.54 Å². The third kappa shape index (κ3) is 3.96. The van der Waals surface area contributed by atoms with Gasteiger partial charge in [-0.2, -0.15) is 5.10 Å². The van der Waals surface area contributed by atoms with E-state index >= 15 is 0 Å². The normalized spacial score (nSPS) is 15.7. The zero-order valence-corrected chi connectivity index (χ0v) is 12.8. The molecule has 0 atom stereocenters. The summed E-state index contributed by atoms with van der Waals surface area (Å²) < 4.78 is 1.41. The Morgan fingerprint density at radius 1 is 1.35 bits per heavy atom. The Balaban J connectivity index is 1.83. The highest BCUT2D eigenvalue weighted by Crippen LogP contribution is 2.15. The minimum Gasteiger partial charge on any atom is -0.382 e. The largest absolute Gasteiger partial charge is 0.382 e. The number of hydrogen-bond donors (Lipinski definition) is 1. The Kier molecular flexibility index (Phi) is 5.86. The molecule has 6 heteroatoms. The van der Waals surface area contributed by atoms with E-state index in [1.165, 1.54) is 30.6 Å². The van der Waals surface area contributed by atoms with Crippen molar-refractivity contribution in [2.75, 3.05) is 31.5 Å². The molecule has 0 spiro atoms. The van der Waals surface area contributed by atoms with Crippen molar-refractivity contribution in [3.8, 4) is 0 Å². The molecule has 2 rings (SSSR count). The van der Waals surface area contributed by atoms with Crippen LogP contribution in [0.3, 0.4) is 0 Å². The molecule has 5 nitrogen and oxygen atoms in total. The van der Waals surface area contributed by atoms with Crippen LogP contribution in [0.2, 0.25) is 5.02 Å². The van der Waals surface area contributed by atoms with Crippen molar-refractivity contribution in [1.82, 2.24) is 14.7 Å². The second-order valence-corrected chi connectivity index (χ2v) is 5.61. The Bertz CT molecular complexity index is 483. The van der Waals surface area contributed by atoms with Crippen LogP contribution in [0.15, 0.2) is 11.0 Å². The van der Waals surface area contributed by atoms with E-state index in [1.54, 1.807) is 6.20 Å². The molecule has 0 aromatic carbocycles. The van der Waals surface area contributed by atoms with E-state index in [-0.39, 0.29) is 10.6 Å². The second kappa shape index (κ2) is 7.64. The summed E-state index contributed by atoms with van der Waals surface area (Å²) in [5, 5.41) is 7.59. The fraction of sp³-hybridized carbons (Fsp3) is 0.714. The highest BCUT2D eigenvalue weighted by Gasteiger charge is 2.11. The van der Waals surface area contributed by atoms with Crippen molar-refractivity contribution in [2.24, 2.45) is 0 Å². The van der Waals surface area contributed by atoms with Gasteiger partial charge in [0.2, 0.25) is 0 Å². The molecule has 20 heavy (non-hydrogen) atoms. The van der Waals surface area contributed by atoms with Crippen LogP contribution >= 0.6 is 11.6 Å². The van der Waals surface area contributed by atoms with Crippen LogP contribution in [-0.4, -0.2) is 40.9 Å². The Morgan fingerprint density at radius 3 is 2.80 bits per heavy atom. The number of anilines is 1. The van der Waals surface area contributed by atoms with Crippen molar-refractivity contribution in [1.29, 1.82) is 0 Å². The van der Waals surface area contributed by atoms with E-state index in [0.717, 1.165) is 25.9 Å². The number of likely N-dealkylation sites (tertiary alicyclic amines) is 1. The van der Waals surface area contributed by atoms with Gasteiger partial charge >= 0.3 is 0 Å². The first-order valence-electron chi connectivity index (χ1n) is 7.44. The van der Waals surface area contributed by atoms with E-state index in [0.29, 0.717) is 12.2 Å². The predicted octanol–water partition coefficient (Wildman–Crippen LogP) is 2.20. The minimum atomic E-state index is -0.210. The molecular formula is C14H23ClN4O. The van der Waals surface area contributed by atoms with Gasteiger partial charge in [-0.1, -0.05) is 18.5 Å². The number of hydrogen-bond acceptors (Lipinski definition) is 4. The zero-order chi connectivity index (χ0) is 14.4. The molecule has 1 aromatic rings. The zero-order valence-electron chi connectivity index (χ0n) is 12.1. The van der Waals surface area contributed by atoms with Crippen molar-refractivity contribution < 1.29 is 0 Å². The number of aromatic nitrogens is 2. The molecule has 1 N–H and O–H groups in total. The smallest absolute Gasteiger partial charge is 0.287 e. The summed E-state index contributed by atoms with van der Waals surface area (Å²) in [5.74, 6) is 0. The topological polar surface area (TPSA) is 50.2 Å². The predicted molar refractivity (Wildman–Crippen MR) is 82.6 cm³/mol. The second-order valence-electron chi connectivity index (χ2n) is 5.23. The number of nitrogens with zero attached hydrogens (tertiary/aromatic N) is 3. The fourth-order valence-corrected chi connectivity index (χ4v) is 2.70. The molecule has 0 bridgehead atoms. The molecule has 1 aliphatic rings. The molecule has 0 radical (unpaired) electrons. The third-order valence-corrected chi connectivity index (χ3v) is 3.95. The van der Waals surface area contributed by atoms with Crippen molar-refractivity contribution >= 4 is 17.3 Å². The van der Waals surface area contributed by atoms with E-state index in [1.807, 2.05) is 6.92 Å². The summed E-state index contributed by atoms with van der Waals surface area (Å²) in [6.07, 6.45) is 6.20. The van der Waals surface area contributed by atoms with E-state index < -0.39 is 0 Å². The Hall–Kier alpha value is -1.07. The molecule has 0 aliphatic carbocycles. The standard InChI is InChI=1S/C14H23ClN4O/c1-2-7-19-14(20)13(15)12(11-17-19)16-6-5-10-18-8-3-4-9-18/h11,16H,2-10H2,1H3. The molecule has 0 saturated carbocycles. The molecule has 0 unspecified atom stereocenters. The summed E-state index contributed by atoms with van der Waals surface area (Å²) in [6.45, 7) is 6.96. The Labute approximate surface area is 124 Å². The average Bonchev–Trinajstić information content (AvgIpc) is 2.95. The van der Waals surface area contributed by atoms with Crippen LogP contribution in [0.5, 0.6) is 0 Å². The lowest BCUT2D eigenvalue weighted by Crippen LogP contribution is -2.25. The van der Waals surface area contributed by atoms with Gasteiger partial charge < -0.3 is 10.2 Å². The maximum Gasteiger partial charge on any atom is 0.287 e. The first-order chi connectivity index (χ1) is 9.72. The summed E-state index contributed by atoms with van der Waals surface area (Å²) in [6, 6.07) is 0. The maximum atomic E-state index is 11.9. The summed E-state index contributed by atoms with van der Waals surface area (Å²) in [4.78, 5) is 14.4. The van der Waals surface area contributed by atoms with Crippen molar-refractivity contribution in [2.45, 2.75) is 39.2 Å². The van der Waals surface area contributed by atoms with Gasteiger partial charge in [-0.25, -0.2) is 4.68 Å². The van der Waals surface area contributed by atoms with Crippen LogP contribution < -0.4 is 10.9 Å². The summed E-state index contributed by atoms with van der Waals surface area (Å²) in [5.41, 5.74) is 0.434. The number of rotatable bonds is 7. The molecule has 112 valence electrons. The van der Waals surface area contributed by atoms with Crippen molar-refractivity contribution in [3.63, 3.8) is 0 Å². The quantitative estimate of drug-likeness (QED) is 0.784. The SMILES string of the molecule is CCCn1ncc(NCCCN2CCCC2)c(Cl)c1=O. The van der Waals surface area contributed by atoms with Gasteiger partial charge in [0.05, 0.1) is 11.9 Å². The van der Waals surface area contributed by atoms with Crippen LogP contribution in [0.25, 0.3) is 0 Å². The molecule has 1 aromatic heterocycles. The number of halogens is 1. The van der Waals surface area contributed by atoms with Gasteiger partial charge in [-0.3, -0.25) is 4.79 Å². The minimum absolute atomic E-state index is 0.210. The third-order valence-electron chi connectivity index (χ3n) is 3.59. The molecule has 1 fully saturated rings. The lowest BCUT2D eigenvalue weighted by molar-refractivity contribution is 0.337. The lowest BCUT2D eigenvalue weighted by Gasteiger charge is -2.15. The number of aryl methyl sites for hydroxylation is 1. The van der Waals surface area contributed by atoms with Gasteiger partial charge in [0.15, 0.2) is 0 Å². The Morgan fingerprint density at radius 2 is 2.10 bits per heavy atom. The average molecular weight is 299 g/mol. The first-order valence-corrected chi connectivity index (χ1v) is 7.82. The van der Waals surface area contributed by atoms with Gasteiger partial charge in [-0.15, -0.1) is 0 Å². The first kappa shape index (κ1) is 15.3. The summed E-state index contributed by atoms with van der Waals surface area (Å²) >= 11 is 6.09. The molecule has 0 amide bonds. The summed E-state index contributed by atoms with van der Waals surface area (Å²) in [7, 11) is 0. The molecular weight excluding hydrogens is 276 g/mol. The lowest BCUT2D eigenvalue weighted by atomic mass is 10.3. The fourth-order valence-electron chi connectivity index (χ4n) is 2.49. The van der Waals surface area contributed by atoms with E-state index in [4.69, 9.17) is 11.6 Å². The van der Waals surface area contributed by atoms with Crippen LogP contribution in [0.4, 0.5) is 5.69 Å².